The van der Waals surface area contributed by atoms with Gasteiger partial charge in [0.1, 0.15) is 0 Å². The van der Waals surface area contributed by atoms with Gasteiger partial charge in [-0.15, -0.1) is 0 Å². The predicted octanol–water partition coefficient (Wildman–Crippen LogP) is 2.19. The van der Waals surface area contributed by atoms with Crippen LogP contribution in [0.3, 0.4) is 0 Å². The number of pyridine rings is 1. The SMILES string of the molecule is CCNS(=O)(=O)c1ccc(-c2ccnc(F)c2)cc1. The number of halogens is 1. The van der Waals surface area contributed by atoms with Gasteiger partial charge in [-0.25, -0.2) is 18.1 Å². The van der Waals surface area contributed by atoms with Crippen molar-refractivity contribution in [3.05, 3.63) is 48.5 Å². The zero-order valence-electron chi connectivity index (χ0n) is 10.3. The molecule has 1 heterocycles. The first-order chi connectivity index (χ1) is 9.03. The summed E-state index contributed by atoms with van der Waals surface area (Å²) < 4.78 is 38.9. The molecule has 0 spiro atoms. The molecule has 0 aliphatic carbocycles. The standard InChI is InChI=1S/C13H13FN2O2S/c1-2-16-19(17,18)12-5-3-10(4-6-12)11-7-8-15-13(14)9-11/h3-9,16H,2H2,1H3. The third-order valence-corrected chi connectivity index (χ3v) is 4.12. The molecule has 0 saturated carbocycles. The first-order valence-electron chi connectivity index (χ1n) is 5.74. The first-order valence-corrected chi connectivity index (χ1v) is 7.23. The second-order valence-corrected chi connectivity index (χ2v) is 5.66. The van der Waals surface area contributed by atoms with Crippen LogP contribution in [-0.2, 0) is 10.0 Å². The van der Waals surface area contributed by atoms with Crippen molar-refractivity contribution in [3.63, 3.8) is 0 Å². The Hall–Kier alpha value is -1.79. The molecule has 2 aromatic rings. The Labute approximate surface area is 111 Å². The summed E-state index contributed by atoms with van der Waals surface area (Å²) in [5.41, 5.74) is 1.39. The summed E-state index contributed by atoms with van der Waals surface area (Å²) in [6.07, 6.45) is 1.37. The van der Waals surface area contributed by atoms with Crippen LogP contribution in [0.15, 0.2) is 47.5 Å². The number of benzene rings is 1. The normalized spacial score (nSPS) is 11.5. The smallest absolute Gasteiger partial charge is 0.228 e. The lowest BCUT2D eigenvalue weighted by atomic mass is 10.1. The highest BCUT2D eigenvalue weighted by molar-refractivity contribution is 7.89. The summed E-state index contributed by atoms with van der Waals surface area (Å²) >= 11 is 0. The quantitative estimate of drug-likeness (QED) is 0.873. The van der Waals surface area contributed by atoms with Crippen LogP contribution < -0.4 is 4.72 Å². The third kappa shape index (κ3) is 3.15. The van der Waals surface area contributed by atoms with Gasteiger partial charge in [0.15, 0.2) is 0 Å². The van der Waals surface area contributed by atoms with Crippen LogP contribution >= 0.6 is 0 Å². The lowest BCUT2D eigenvalue weighted by molar-refractivity contribution is 0.583. The minimum absolute atomic E-state index is 0.188. The van der Waals surface area contributed by atoms with Gasteiger partial charge in [-0.1, -0.05) is 19.1 Å². The second-order valence-electron chi connectivity index (χ2n) is 3.89. The molecule has 0 aliphatic rings. The van der Waals surface area contributed by atoms with Crippen molar-refractivity contribution in [3.8, 4) is 11.1 Å². The number of aromatic nitrogens is 1. The molecule has 100 valence electrons. The topological polar surface area (TPSA) is 59.1 Å². The Bertz CT molecular complexity index is 669. The number of hydrogen-bond acceptors (Lipinski definition) is 3. The van der Waals surface area contributed by atoms with Crippen molar-refractivity contribution in [2.75, 3.05) is 6.54 Å². The van der Waals surface area contributed by atoms with E-state index in [1.54, 1.807) is 25.1 Å². The molecule has 0 aliphatic heterocycles. The van der Waals surface area contributed by atoms with E-state index in [1.165, 1.54) is 24.4 Å². The molecule has 4 nitrogen and oxygen atoms in total. The van der Waals surface area contributed by atoms with Crippen molar-refractivity contribution >= 4 is 10.0 Å². The van der Waals surface area contributed by atoms with Crippen LogP contribution in [0.1, 0.15) is 6.92 Å². The number of rotatable bonds is 4. The Balaban J connectivity index is 2.34. The lowest BCUT2D eigenvalue weighted by Gasteiger charge is -2.06. The van der Waals surface area contributed by atoms with Gasteiger partial charge in [0, 0.05) is 18.8 Å². The summed E-state index contributed by atoms with van der Waals surface area (Å²) in [7, 11) is -3.45. The Morgan fingerprint density at radius 3 is 2.42 bits per heavy atom. The average Bonchev–Trinajstić information content (AvgIpc) is 2.39. The molecular weight excluding hydrogens is 267 g/mol. The molecule has 19 heavy (non-hydrogen) atoms. The zero-order chi connectivity index (χ0) is 13.9. The second kappa shape index (κ2) is 5.46. The Morgan fingerprint density at radius 2 is 1.84 bits per heavy atom. The van der Waals surface area contributed by atoms with Crippen LogP contribution in [0.5, 0.6) is 0 Å². The molecule has 0 unspecified atom stereocenters. The van der Waals surface area contributed by atoms with E-state index in [0.29, 0.717) is 12.1 Å². The summed E-state index contributed by atoms with van der Waals surface area (Å²) in [6, 6.07) is 9.22. The molecule has 0 radical (unpaired) electrons. The van der Waals surface area contributed by atoms with E-state index in [1.807, 2.05) is 0 Å². The van der Waals surface area contributed by atoms with Gasteiger partial charge in [-0.2, -0.15) is 4.39 Å². The van der Waals surface area contributed by atoms with Gasteiger partial charge in [0.05, 0.1) is 4.90 Å². The molecule has 1 aromatic heterocycles. The monoisotopic (exact) mass is 280 g/mol. The van der Waals surface area contributed by atoms with Gasteiger partial charge in [0.2, 0.25) is 16.0 Å². The summed E-state index contributed by atoms with van der Waals surface area (Å²) in [5, 5.41) is 0. The summed E-state index contributed by atoms with van der Waals surface area (Å²) in [6.45, 7) is 2.05. The van der Waals surface area contributed by atoms with Crippen molar-refractivity contribution in [2.45, 2.75) is 11.8 Å². The number of nitrogens with zero attached hydrogens (tertiary/aromatic N) is 1. The van der Waals surface area contributed by atoms with Gasteiger partial charge in [-0.3, -0.25) is 0 Å². The molecule has 6 heteroatoms. The van der Waals surface area contributed by atoms with E-state index in [9.17, 15) is 12.8 Å². The minimum atomic E-state index is -3.45. The van der Waals surface area contributed by atoms with Crippen molar-refractivity contribution in [2.24, 2.45) is 0 Å². The van der Waals surface area contributed by atoms with E-state index in [4.69, 9.17) is 0 Å². The molecule has 1 aromatic carbocycles. The maximum Gasteiger partial charge on any atom is 0.240 e. The highest BCUT2D eigenvalue weighted by Gasteiger charge is 2.12. The molecule has 1 N–H and O–H groups in total. The van der Waals surface area contributed by atoms with Crippen molar-refractivity contribution in [1.82, 2.24) is 9.71 Å². The van der Waals surface area contributed by atoms with Gasteiger partial charge in [-0.05, 0) is 29.3 Å². The number of sulfonamides is 1. The van der Waals surface area contributed by atoms with Crippen LogP contribution in [0.4, 0.5) is 4.39 Å². The summed E-state index contributed by atoms with van der Waals surface area (Å²) in [4.78, 5) is 3.66. The van der Waals surface area contributed by atoms with Crippen molar-refractivity contribution < 1.29 is 12.8 Å². The van der Waals surface area contributed by atoms with E-state index in [0.717, 1.165) is 5.56 Å². The average molecular weight is 280 g/mol. The predicted molar refractivity (Wildman–Crippen MR) is 70.5 cm³/mol. The number of hydrogen-bond donors (Lipinski definition) is 1. The molecule has 0 bridgehead atoms. The van der Waals surface area contributed by atoms with Crippen LogP contribution in [0.25, 0.3) is 11.1 Å². The molecule has 0 saturated heterocycles. The molecule has 2 rings (SSSR count). The van der Waals surface area contributed by atoms with Gasteiger partial charge in [0.25, 0.3) is 0 Å². The van der Waals surface area contributed by atoms with E-state index >= 15 is 0 Å². The highest BCUT2D eigenvalue weighted by Crippen LogP contribution is 2.21. The Kier molecular flexibility index (Phi) is 3.92. The first kappa shape index (κ1) is 13.6. The largest absolute Gasteiger partial charge is 0.240 e. The van der Waals surface area contributed by atoms with Crippen LogP contribution in [0.2, 0.25) is 0 Å². The van der Waals surface area contributed by atoms with Crippen LogP contribution in [0, 0.1) is 5.95 Å². The fourth-order valence-electron chi connectivity index (χ4n) is 1.68. The van der Waals surface area contributed by atoms with Gasteiger partial charge < -0.3 is 0 Å². The summed E-state index contributed by atoms with van der Waals surface area (Å²) in [5.74, 6) is -0.568. The Morgan fingerprint density at radius 1 is 1.16 bits per heavy atom. The van der Waals surface area contributed by atoms with E-state index in [2.05, 4.69) is 9.71 Å². The number of nitrogens with one attached hydrogen (secondary N) is 1. The minimum Gasteiger partial charge on any atom is -0.228 e. The van der Waals surface area contributed by atoms with Gasteiger partial charge >= 0.3 is 0 Å². The molecule has 0 fully saturated rings. The zero-order valence-corrected chi connectivity index (χ0v) is 11.1. The fourth-order valence-corrected chi connectivity index (χ4v) is 2.72. The third-order valence-electron chi connectivity index (χ3n) is 2.56. The molecule has 0 amide bonds. The highest BCUT2D eigenvalue weighted by atomic mass is 32.2. The van der Waals surface area contributed by atoms with E-state index in [-0.39, 0.29) is 4.90 Å². The maximum atomic E-state index is 13.0. The fraction of sp³-hybridized carbons (Fsp3) is 0.154. The van der Waals surface area contributed by atoms with Crippen molar-refractivity contribution in [1.29, 1.82) is 0 Å². The maximum absolute atomic E-state index is 13.0. The molecule has 0 atom stereocenters. The molecular formula is C13H13FN2O2S. The lowest BCUT2D eigenvalue weighted by Crippen LogP contribution is -2.22. The van der Waals surface area contributed by atoms with Crippen LogP contribution in [-0.4, -0.2) is 19.9 Å². The van der Waals surface area contributed by atoms with E-state index < -0.39 is 16.0 Å².